The van der Waals surface area contributed by atoms with Crippen LogP contribution in [0.1, 0.15) is 19.3 Å². The Morgan fingerprint density at radius 2 is 2.00 bits per heavy atom. The van der Waals surface area contributed by atoms with Crippen molar-refractivity contribution in [2.45, 2.75) is 25.4 Å². The highest BCUT2D eigenvalue weighted by atomic mass is 16.5. The van der Waals surface area contributed by atoms with Crippen molar-refractivity contribution in [3.05, 3.63) is 0 Å². The van der Waals surface area contributed by atoms with Crippen molar-refractivity contribution in [3.63, 3.8) is 0 Å². The minimum absolute atomic E-state index is 0.136. The van der Waals surface area contributed by atoms with Crippen LogP contribution in [0, 0.1) is 0 Å². The molecule has 0 heterocycles. The number of unbranched alkanes of at least 4 members (excludes halogenated alkanes) is 1. The molecule has 5 heteroatoms. The molecule has 0 spiro atoms. The van der Waals surface area contributed by atoms with Crippen LogP contribution in [-0.4, -0.2) is 51.2 Å². The monoisotopic (exact) mass is 220 g/mol. The van der Waals surface area contributed by atoms with Crippen molar-refractivity contribution < 1.29 is 24.1 Å². The smallest absolute Gasteiger partial charge is 0.329 e. The summed E-state index contributed by atoms with van der Waals surface area (Å²) in [7, 11) is 3.24. The second-order valence-electron chi connectivity index (χ2n) is 3.27. The summed E-state index contributed by atoms with van der Waals surface area (Å²) >= 11 is 0. The predicted molar refractivity (Wildman–Crippen MR) is 55.0 cm³/mol. The normalized spacial score (nSPS) is 12.7. The lowest BCUT2D eigenvalue weighted by Gasteiger charge is -2.15. The number of rotatable bonds is 10. The highest BCUT2D eigenvalue weighted by Crippen LogP contribution is 2.05. The molecule has 1 unspecified atom stereocenters. The van der Waals surface area contributed by atoms with Gasteiger partial charge in [0, 0.05) is 20.8 Å². The van der Waals surface area contributed by atoms with Gasteiger partial charge in [0.05, 0.1) is 12.7 Å². The zero-order valence-corrected chi connectivity index (χ0v) is 9.40. The summed E-state index contributed by atoms with van der Waals surface area (Å²) in [4.78, 5) is 10.3. The Morgan fingerprint density at radius 3 is 2.53 bits per heavy atom. The van der Waals surface area contributed by atoms with Crippen LogP contribution in [0.3, 0.4) is 0 Å². The summed E-state index contributed by atoms with van der Waals surface area (Å²) < 4.78 is 15.0. The summed E-state index contributed by atoms with van der Waals surface area (Å²) in [5, 5.41) is 8.45. The third-order valence-corrected chi connectivity index (χ3v) is 1.92. The Bertz CT molecular complexity index is 160. The van der Waals surface area contributed by atoms with Crippen molar-refractivity contribution in [2.24, 2.45) is 0 Å². The van der Waals surface area contributed by atoms with E-state index in [4.69, 9.17) is 19.3 Å². The van der Waals surface area contributed by atoms with Crippen LogP contribution in [-0.2, 0) is 19.0 Å². The second kappa shape index (κ2) is 9.89. The maximum Gasteiger partial charge on any atom is 0.329 e. The molecule has 5 nitrogen and oxygen atoms in total. The molecule has 0 radical (unpaired) electrons. The van der Waals surface area contributed by atoms with Gasteiger partial charge in [0.1, 0.15) is 6.61 Å². The molecule has 0 aliphatic rings. The molecule has 1 N–H and O–H groups in total. The average Bonchev–Trinajstić information content (AvgIpc) is 2.20. The van der Waals surface area contributed by atoms with Crippen LogP contribution in [0.25, 0.3) is 0 Å². The van der Waals surface area contributed by atoms with Crippen molar-refractivity contribution in [3.8, 4) is 0 Å². The van der Waals surface area contributed by atoms with Gasteiger partial charge in [-0.25, -0.2) is 4.79 Å². The quantitative estimate of drug-likeness (QED) is 0.554. The Labute approximate surface area is 90.3 Å². The fourth-order valence-electron chi connectivity index (χ4n) is 1.21. The number of hydrogen-bond acceptors (Lipinski definition) is 4. The first-order valence-electron chi connectivity index (χ1n) is 5.02. The summed E-state index contributed by atoms with van der Waals surface area (Å²) in [6.45, 7) is 0.886. The van der Waals surface area contributed by atoms with E-state index in [1.54, 1.807) is 14.2 Å². The highest BCUT2D eigenvalue weighted by molar-refractivity contribution is 5.68. The minimum Gasteiger partial charge on any atom is -0.480 e. The van der Waals surface area contributed by atoms with Gasteiger partial charge in [-0.1, -0.05) is 0 Å². The fraction of sp³-hybridized carbons (Fsp3) is 0.900. The van der Waals surface area contributed by atoms with Gasteiger partial charge in [-0.3, -0.25) is 0 Å². The second-order valence-corrected chi connectivity index (χ2v) is 3.27. The Morgan fingerprint density at radius 1 is 1.27 bits per heavy atom. The van der Waals surface area contributed by atoms with Crippen LogP contribution in [0.15, 0.2) is 0 Å². The molecule has 0 bridgehead atoms. The molecule has 1 atom stereocenters. The lowest BCUT2D eigenvalue weighted by atomic mass is 10.1. The molecule has 0 aromatic heterocycles. The summed E-state index contributed by atoms with van der Waals surface area (Å²) in [5.41, 5.74) is 0. The minimum atomic E-state index is -0.951. The molecule has 90 valence electrons. The van der Waals surface area contributed by atoms with Crippen molar-refractivity contribution in [1.82, 2.24) is 0 Å². The standard InChI is InChI=1S/C10H20O5/c1-13-6-4-3-5-9(7-14-2)15-8-10(11)12/h9H,3-8H2,1-2H3,(H,11,12). The zero-order valence-electron chi connectivity index (χ0n) is 9.40. The fourth-order valence-corrected chi connectivity index (χ4v) is 1.21. The van der Waals surface area contributed by atoms with Crippen LogP contribution >= 0.6 is 0 Å². The first-order chi connectivity index (χ1) is 7.20. The molecule has 0 aromatic rings. The van der Waals surface area contributed by atoms with E-state index in [9.17, 15) is 4.79 Å². The largest absolute Gasteiger partial charge is 0.480 e. The van der Waals surface area contributed by atoms with Gasteiger partial charge in [-0.15, -0.1) is 0 Å². The van der Waals surface area contributed by atoms with Crippen LogP contribution in [0.2, 0.25) is 0 Å². The van der Waals surface area contributed by atoms with Crippen molar-refractivity contribution in [1.29, 1.82) is 0 Å². The third kappa shape index (κ3) is 9.65. The molecule has 0 amide bonds. The molecule has 0 saturated heterocycles. The van der Waals surface area contributed by atoms with Gasteiger partial charge in [-0.2, -0.15) is 0 Å². The van der Waals surface area contributed by atoms with E-state index in [0.717, 1.165) is 25.9 Å². The Kier molecular flexibility index (Phi) is 9.46. The molecule has 0 saturated carbocycles. The van der Waals surface area contributed by atoms with E-state index in [2.05, 4.69) is 0 Å². The number of methoxy groups -OCH3 is 2. The molecule has 0 aliphatic heterocycles. The molecule has 0 aromatic carbocycles. The van der Waals surface area contributed by atoms with E-state index < -0.39 is 5.97 Å². The predicted octanol–water partition coefficient (Wildman–Crippen LogP) is 0.919. The number of carboxylic acid groups (broad SMARTS) is 1. The number of ether oxygens (including phenoxy) is 3. The number of hydrogen-bond donors (Lipinski definition) is 1. The van der Waals surface area contributed by atoms with E-state index in [-0.39, 0.29) is 12.7 Å². The van der Waals surface area contributed by atoms with E-state index in [1.807, 2.05) is 0 Å². The van der Waals surface area contributed by atoms with E-state index in [1.165, 1.54) is 0 Å². The van der Waals surface area contributed by atoms with Gasteiger partial charge < -0.3 is 19.3 Å². The Balaban J connectivity index is 3.57. The lowest BCUT2D eigenvalue weighted by molar-refractivity contribution is -0.145. The summed E-state index contributed by atoms with van der Waals surface area (Å²) in [6, 6.07) is 0. The maximum absolute atomic E-state index is 10.3. The van der Waals surface area contributed by atoms with Crippen LogP contribution < -0.4 is 0 Å². The topological polar surface area (TPSA) is 65.0 Å². The van der Waals surface area contributed by atoms with Crippen molar-refractivity contribution in [2.75, 3.05) is 34.0 Å². The van der Waals surface area contributed by atoms with Crippen LogP contribution in [0.5, 0.6) is 0 Å². The zero-order chi connectivity index (χ0) is 11.5. The van der Waals surface area contributed by atoms with Gasteiger partial charge in [0.25, 0.3) is 0 Å². The molecule has 0 aliphatic carbocycles. The van der Waals surface area contributed by atoms with Gasteiger partial charge >= 0.3 is 5.97 Å². The average molecular weight is 220 g/mol. The molecule has 15 heavy (non-hydrogen) atoms. The third-order valence-electron chi connectivity index (χ3n) is 1.92. The van der Waals surface area contributed by atoms with Gasteiger partial charge in [0.15, 0.2) is 0 Å². The summed E-state index contributed by atoms with van der Waals surface area (Å²) in [5.74, 6) is -0.951. The lowest BCUT2D eigenvalue weighted by Crippen LogP contribution is -2.22. The Hall–Kier alpha value is -0.650. The summed E-state index contributed by atoms with van der Waals surface area (Å²) in [6.07, 6.45) is 2.56. The SMILES string of the molecule is COCCCCC(COC)OCC(=O)O. The van der Waals surface area contributed by atoms with E-state index in [0.29, 0.717) is 6.61 Å². The maximum atomic E-state index is 10.3. The first kappa shape index (κ1) is 14.3. The van der Waals surface area contributed by atoms with E-state index >= 15 is 0 Å². The first-order valence-corrected chi connectivity index (χ1v) is 5.02. The molecule has 0 rings (SSSR count). The van der Waals surface area contributed by atoms with Gasteiger partial charge in [0.2, 0.25) is 0 Å². The number of aliphatic carboxylic acids is 1. The number of carboxylic acids is 1. The molecular weight excluding hydrogens is 200 g/mol. The van der Waals surface area contributed by atoms with Gasteiger partial charge in [-0.05, 0) is 19.3 Å². The molecule has 0 fully saturated rings. The number of carbonyl (C=O) groups is 1. The molecular formula is C10H20O5. The highest BCUT2D eigenvalue weighted by Gasteiger charge is 2.10. The van der Waals surface area contributed by atoms with Crippen molar-refractivity contribution >= 4 is 5.97 Å². The van der Waals surface area contributed by atoms with Crippen LogP contribution in [0.4, 0.5) is 0 Å².